The van der Waals surface area contributed by atoms with Crippen molar-refractivity contribution in [2.75, 3.05) is 32.8 Å². The van der Waals surface area contributed by atoms with Crippen molar-refractivity contribution in [3.63, 3.8) is 0 Å². The second kappa shape index (κ2) is 10.3. The fraction of sp³-hybridized carbons (Fsp3) is 0.429. The molecule has 1 aliphatic heterocycles. The minimum atomic E-state index is -3.89. The summed E-state index contributed by atoms with van der Waals surface area (Å²) in [4.78, 5) is 25.9. The lowest BCUT2D eigenvalue weighted by atomic mass is 10.1. The molecule has 1 fully saturated rings. The monoisotopic (exact) mass is 468 g/mol. The fourth-order valence-electron chi connectivity index (χ4n) is 3.33. The van der Waals surface area contributed by atoms with Gasteiger partial charge in [0.1, 0.15) is 0 Å². The molecule has 0 bridgehead atoms. The minimum absolute atomic E-state index is 0.00797. The number of hydrogen-bond donors (Lipinski definition) is 0. The minimum Gasteiger partial charge on any atom is -0.460 e. The molecule has 1 aromatic carbocycles. The third kappa shape index (κ3) is 5.87. The predicted molar refractivity (Wildman–Crippen MR) is 114 cm³/mol. The van der Waals surface area contributed by atoms with Crippen LogP contribution >= 0.6 is 11.6 Å². The maximum atomic E-state index is 12.8. The van der Waals surface area contributed by atoms with Crippen molar-refractivity contribution >= 4 is 33.5 Å². The molecule has 168 valence electrons. The van der Waals surface area contributed by atoms with Crippen molar-refractivity contribution in [1.82, 2.24) is 9.21 Å². The van der Waals surface area contributed by atoms with Gasteiger partial charge in [-0.2, -0.15) is 4.31 Å². The molecule has 1 amide bonds. The van der Waals surface area contributed by atoms with Gasteiger partial charge in [0.2, 0.25) is 16.8 Å². The Morgan fingerprint density at radius 1 is 1.06 bits per heavy atom. The molecule has 0 spiro atoms. The molecule has 0 unspecified atom stereocenters. The van der Waals surface area contributed by atoms with Crippen LogP contribution in [0.25, 0.3) is 0 Å². The molecule has 0 radical (unpaired) electrons. The van der Waals surface area contributed by atoms with Crippen LogP contribution in [0.1, 0.15) is 35.9 Å². The van der Waals surface area contributed by atoms with Crippen molar-refractivity contribution in [2.45, 2.75) is 31.3 Å². The van der Waals surface area contributed by atoms with Gasteiger partial charge in [-0.05, 0) is 49.6 Å². The molecule has 0 aliphatic carbocycles. The van der Waals surface area contributed by atoms with Crippen LogP contribution < -0.4 is 0 Å². The van der Waals surface area contributed by atoms with Crippen LogP contribution in [0, 0.1) is 0 Å². The van der Waals surface area contributed by atoms with Crippen LogP contribution in [0.4, 0.5) is 0 Å². The first-order chi connectivity index (χ1) is 14.8. The Hall–Kier alpha value is -2.36. The summed E-state index contributed by atoms with van der Waals surface area (Å²) in [6.45, 7) is 2.77. The van der Waals surface area contributed by atoms with E-state index in [2.05, 4.69) is 0 Å². The van der Waals surface area contributed by atoms with Crippen molar-refractivity contribution in [3.8, 4) is 0 Å². The molecular formula is C21H25ClN2O6S. The number of aryl methyl sites for hydroxylation is 1. The molecule has 0 atom stereocenters. The smallest absolute Gasteiger partial charge is 0.374 e. The third-order valence-corrected chi connectivity index (χ3v) is 7.04. The molecule has 2 aromatic rings. The maximum absolute atomic E-state index is 12.8. The number of hydrogen-bond acceptors (Lipinski definition) is 6. The number of esters is 1. The van der Waals surface area contributed by atoms with Gasteiger partial charge in [0.05, 0.1) is 6.61 Å². The van der Waals surface area contributed by atoms with Crippen LogP contribution in [0.5, 0.6) is 0 Å². The van der Waals surface area contributed by atoms with E-state index in [0.717, 1.165) is 12.0 Å². The number of furan rings is 1. The van der Waals surface area contributed by atoms with Gasteiger partial charge in [0, 0.05) is 37.6 Å². The lowest BCUT2D eigenvalue weighted by molar-refractivity contribution is -0.132. The lowest BCUT2D eigenvalue weighted by Crippen LogP contribution is -2.50. The number of carbonyl (C=O) groups excluding carboxylic acids is 2. The number of rotatable bonds is 8. The zero-order valence-electron chi connectivity index (χ0n) is 17.3. The standard InChI is InChI=1S/C21H25ClN2O6S/c1-2-29-21(26)18-10-11-20(30-18)31(27,28)24-14-12-23(13-15-24)19(25)5-3-4-16-6-8-17(22)9-7-16/h6-11H,2-5,12-15H2,1H3. The Balaban J connectivity index is 1.49. The Kier molecular flexibility index (Phi) is 7.74. The SMILES string of the molecule is CCOC(=O)c1ccc(S(=O)(=O)N2CCN(C(=O)CCCc3ccc(Cl)cc3)CC2)o1. The van der Waals surface area contributed by atoms with E-state index in [1.807, 2.05) is 24.3 Å². The van der Waals surface area contributed by atoms with E-state index in [4.69, 9.17) is 20.8 Å². The van der Waals surface area contributed by atoms with E-state index >= 15 is 0 Å². The quantitative estimate of drug-likeness (QED) is 0.552. The number of carbonyl (C=O) groups is 2. The lowest BCUT2D eigenvalue weighted by Gasteiger charge is -2.33. The summed E-state index contributed by atoms with van der Waals surface area (Å²) in [5.74, 6) is -0.860. The number of sulfonamides is 1. The summed E-state index contributed by atoms with van der Waals surface area (Å²) < 4.78 is 36.8. The Bertz CT molecular complexity index is 1010. The number of piperazine rings is 1. The summed E-state index contributed by atoms with van der Waals surface area (Å²) >= 11 is 5.87. The topological polar surface area (TPSA) is 97.1 Å². The van der Waals surface area contributed by atoms with E-state index in [-0.39, 0.29) is 36.5 Å². The van der Waals surface area contributed by atoms with Crippen molar-refractivity contribution in [1.29, 1.82) is 0 Å². The van der Waals surface area contributed by atoms with Crippen LogP contribution in [0.15, 0.2) is 45.9 Å². The zero-order chi connectivity index (χ0) is 22.4. The largest absolute Gasteiger partial charge is 0.460 e. The van der Waals surface area contributed by atoms with Gasteiger partial charge in [-0.15, -0.1) is 0 Å². The molecule has 1 aromatic heterocycles. The van der Waals surface area contributed by atoms with Gasteiger partial charge in [0.25, 0.3) is 10.0 Å². The first kappa shape index (κ1) is 23.3. The van der Waals surface area contributed by atoms with Gasteiger partial charge in [-0.1, -0.05) is 23.7 Å². The predicted octanol–water partition coefficient (Wildman–Crippen LogP) is 2.97. The summed E-state index contributed by atoms with van der Waals surface area (Å²) in [5.41, 5.74) is 1.12. The number of benzene rings is 1. The van der Waals surface area contributed by atoms with E-state index in [0.29, 0.717) is 31.0 Å². The third-order valence-electron chi connectivity index (χ3n) is 5.01. The number of amides is 1. The highest BCUT2D eigenvalue weighted by Gasteiger charge is 2.32. The highest BCUT2D eigenvalue weighted by Crippen LogP contribution is 2.21. The summed E-state index contributed by atoms with van der Waals surface area (Å²) in [5, 5.41) is 0.373. The zero-order valence-corrected chi connectivity index (χ0v) is 18.8. The first-order valence-corrected chi connectivity index (χ1v) is 11.9. The molecule has 2 heterocycles. The summed E-state index contributed by atoms with van der Waals surface area (Å²) in [6.07, 6.45) is 1.89. The molecule has 1 saturated heterocycles. The molecule has 31 heavy (non-hydrogen) atoms. The van der Waals surface area contributed by atoms with Crippen LogP contribution in [-0.4, -0.2) is 62.3 Å². The van der Waals surface area contributed by atoms with E-state index in [9.17, 15) is 18.0 Å². The van der Waals surface area contributed by atoms with E-state index < -0.39 is 16.0 Å². The van der Waals surface area contributed by atoms with E-state index in [1.165, 1.54) is 16.4 Å². The molecule has 0 saturated carbocycles. The number of ether oxygens (including phenoxy) is 1. The van der Waals surface area contributed by atoms with Crippen LogP contribution in [-0.2, 0) is 26.0 Å². The van der Waals surface area contributed by atoms with Crippen molar-refractivity contribution in [2.24, 2.45) is 0 Å². The van der Waals surface area contributed by atoms with Crippen molar-refractivity contribution in [3.05, 3.63) is 52.7 Å². The Morgan fingerprint density at radius 2 is 1.74 bits per heavy atom. The normalized spacial score (nSPS) is 15.1. The van der Waals surface area contributed by atoms with Crippen LogP contribution in [0.3, 0.4) is 0 Å². The fourth-order valence-corrected chi connectivity index (χ4v) is 4.79. The van der Waals surface area contributed by atoms with Gasteiger partial charge in [0.15, 0.2) is 0 Å². The van der Waals surface area contributed by atoms with Gasteiger partial charge >= 0.3 is 5.97 Å². The highest BCUT2D eigenvalue weighted by molar-refractivity contribution is 7.89. The molecular weight excluding hydrogens is 444 g/mol. The molecule has 10 heteroatoms. The Morgan fingerprint density at radius 3 is 2.39 bits per heavy atom. The maximum Gasteiger partial charge on any atom is 0.374 e. The first-order valence-electron chi connectivity index (χ1n) is 10.1. The van der Waals surface area contributed by atoms with Crippen LogP contribution in [0.2, 0.25) is 5.02 Å². The summed E-state index contributed by atoms with van der Waals surface area (Å²) in [6, 6.07) is 10.1. The number of nitrogens with zero attached hydrogens (tertiary/aromatic N) is 2. The van der Waals surface area contributed by atoms with Crippen molar-refractivity contribution < 1.29 is 27.2 Å². The molecule has 3 rings (SSSR count). The van der Waals surface area contributed by atoms with Gasteiger partial charge in [-0.25, -0.2) is 13.2 Å². The van der Waals surface area contributed by atoms with Gasteiger partial charge < -0.3 is 14.1 Å². The molecule has 1 aliphatic rings. The second-order valence-corrected chi connectivity index (χ2v) is 9.41. The van der Waals surface area contributed by atoms with E-state index in [1.54, 1.807) is 11.8 Å². The number of halogens is 1. The average molecular weight is 469 g/mol. The molecule has 0 N–H and O–H groups in total. The average Bonchev–Trinajstić information content (AvgIpc) is 3.27. The molecule has 8 nitrogen and oxygen atoms in total. The Labute approximate surface area is 186 Å². The second-order valence-electron chi connectivity index (χ2n) is 7.10. The van der Waals surface area contributed by atoms with Gasteiger partial charge in [-0.3, -0.25) is 4.79 Å². The summed E-state index contributed by atoms with van der Waals surface area (Å²) in [7, 11) is -3.89. The highest BCUT2D eigenvalue weighted by atomic mass is 35.5.